The molecule has 3 N–H and O–H groups in total. The predicted octanol–water partition coefficient (Wildman–Crippen LogP) is 1.17. The van der Waals surface area contributed by atoms with Gasteiger partial charge in [0.1, 0.15) is 0 Å². The molecule has 1 aliphatic rings. The maximum Gasteiger partial charge on any atom is 0.255 e. The summed E-state index contributed by atoms with van der Waals surface area (Å²) in [6.07, 6.45) is 0. The highest BCUT2D eigenvalue weighted by Crippen LogP contribution is 2.19. The fourth-order valence-corrected chi connectivity index (χ4v) is 3.92. The summed E-state index contributed by atoms with van der Waals surface area (Å²) in [5.74, 6) is -0.347. The summed E-state index contributed by atoms with van der Waals surface area (Å²) in [4.78, 5) is 26.0. The van der Waals surface area contributed by atoms with Crippen LogP contribution < -0.4 is 20.3 Å². The first-order valence-electron chi connectivity index (χ1n) is 8.92. The Morgan fingerprint density at radius 3 is 2.39 bits per heavy atom. The van der Waals surface area contributed by atoms with Crippen LogP contribution in [0.2, 0.25) is 0 Å². The molecule has 0 atom stereocenters. The monoisotopic (exact) mass is 402 g/mol. The average molecular weight is 402 g/mol. The molecular weight excluding hydrogens is 380 g/mol. The van der Waals surface area contributed by atoms with Crippen LogP contribution in [0.4, 0.5) is 11.4 Å². The predicted molar refractivity (Wildman–Crippen MR) is 107 cm³/mol. The molecule has 148 valence electrons. The number of carbonyl (C=O) groups is 2. The molecule has 2 aromatic rings. The molecule has 1 saturated heterocycles. The molecule has 9 heteroatoms. The van der Waals surface area contributed by atoms with E-state index in [0.29, 0.717) is 30.9 Å². The van der Waals surface area contributed by atoms with Crippen LogP contribution in [0.25, 0.3) is 0 Å². The molecular formula is C19H22N4O4S. The molecule has 3 rings (SSSR count). The molecule has 2 aromatic carbocycles. The van der Waals surface area contributed by atoms with Gasteiger partial charge in [-0.05, 0) is 48.5 Å². The lowest BCUT2D eigenvalue weighted by Gasteiger charge is -2.28. The summed E-state index contributed by atoms with van der Waals surface area (Å²) in [6.45, 7) is 3.65. The van der Waals surface area contributed by atoms with E-state index in [1.807, 2.05) is 17.0 Å². The third-order valence-electron chi connectivity index (χ3n) is 4.29. The van der Waals surface area contributed by atoms with E-state index >= 15 is 0 Å². The van der Waals surface area contributed by atoms with Crippen molar-refractivity contribution in [3.05, 3.63) is 54.1 Å². The second-order valence-corrected chi connectivity index (χ2v) is 8.07. The van der Waals surface area contributed by atoms with Crippen molar-refractivity contribution in [2.75, 3.05) is 36.4 Å². The van der Waals surface area contributed by atoms with Crippen LogP contribution in [0.15, 0.2) is 53.4 Å². The molecule has 0 aliphatic carbocycles. The van der Waals surface area contributed by atoms with Crippen molar-refractivity contribution in [2.45, 2.75) is 11.8 Å². The quantitative estimate of drug-likeness (QED) is 0.672. The number of nitrogens with one attached hydrogen (secondary N) is 3. The summed E-state index contributed by atoms with van der Waals surface area (Å²) in [5, 5.41) is 5.56. The number of nitrogens with zero attached hydrogens (tertiary/aromatic N) is 1. The Morgan fingerprint density at radius 2 is 1.79 bits per heavy atom. The molecule has 0 aromatic heterocycles. The van der Waals surface area contributed by atoms with Gasteiger partial charge in [0.2, 0.25) is 15.9 Å². The first-order valence-corrected chi connectivity index (χ1v) is 10.4. The van der Waals surface area contributed by atoms with Gasteiger partial charge in [-0.25, -0.2) is 13.1 Å². The lowest BCUT2D eigenvalue weighted by molar-refractivity contribution is -0.120. The van der Waals surface area contributed by atoms with Gasteiger partial charge >= 0.3 is 0 Å². The number of hydrogen-bond donors (Lipinski definition) is 3. The topological polar surface area (TPSA) is 108 Å². The Bertz CT molecular complexity index is 956. The largest absolute Gasteiger partial charge is 0.360 e. The molecule has 0 unspecified atom stereocenters. The van der Waals surface area contributed by atoms with Crippen molar-refractivity contribution in [1.82, 2.24) is 10.0 Å². The Labute approximate surface area is 164 Å². The molecule has 1 fully saturated rings. The summed E-state index contributed by atoms with van der Waals surface area (Å²) in [7, 11) is -3.55. The highest BCUT2D eigenvalue weighted by Gasteiger charge is 2.17. The standard InChI is InChI=1S/C19H22N4O4S/c1-2-21-28(26,27)17-9-3-14(4-10-17)19(25)22-15-5-7-16(8-6-15)23-12-11-20-18(24)13-23/h3-10,21H,2,11-13H2,1H3,(H,20,24)(H,22,25). The summed E-state index contributed by atoms with van der Waals surface area (Å²) in [5.41, 5.74) is 1.87. The SMILES string of the molecule is CCNS(=O)(=O)c1ccc(C(=O)Nc2ccc(N3CCNC(=O)C3)cc2)cc1. The Morgan fingerprint density at radius 1 is 1.11 bits per heavy atom. The smallest absolute Gasteiger partial charge is 0.255 e. The van der Waals surface area contributed by atoms with Crippen LogP contribution in [-0.2, 0) is 14.8 Å². The fraction of sp³-hybridized carbons (Fsp3) is 0.263. The van der Waals surface area contributed by atoms with Gasteiger partial charge in [-0.15, -0.1) is 0 Å². The highest BCUT2D eigenvalue weighted by molar-refractivity contribution is 7.89. The molecule has 0 spiro atoms. The lowest BCUT2D eigenvalue weighted by atomic mass is 10.2. The number of hydrogen-bond acceptors (Lipinski definition) is 5. The number of rotatable bonds is 6. The van der Waals surface area contributed by atoms with E-state index in [2.05, 4.69) is 15.4 Å². The molecule has 0 bridgehead atoms. The molecule has 0 saturated carbocycles. The highest BCUT2D eigenvalue weighted by atomic mass is 32.2. The van der Waals surface area contributed by atoms with E-state index in [0.717, 1.165) is 12.2 Å². The second kappa shape index (κ2) is 8.41. The van der Waals surface area contributed by atoms with Gasteiger partial charge in [0.15, 0.2) is 0 Å². The fourth-order valence-electron chi connectivity index (χ4n) is 2.88. The van der Waals surface area contributed by atoms with E-state index in [1.165, 1.54) is 24.3 Å². The summed E-state index contributed by atoms with van der Waals surface area (Å²) in [6, 6.07) is 13.0. The third-order valence-corrected chi connectivity index (χ3v) is 5.85. The second-order valence-electron chi connectivity index (χ2n) is 6.30. The van der Waals surface area contributed by atoms with E-state index in [-0.39, 0.29) is 16.7 Å². The maximum atomic E-state index is 12.4. The minimum Gasteiger partial charge on any atom is -0.360 e. The Balaban J connectivity index is 1.65. The van der Waals surface area contributed by atoms with Crippen molar-refractivity contribution in [3.8, 4) is 0 Å². The Kier molecular flexibility index (Phi) is 5.96. The van der Waals surface area contributed by atoms with Crippen LogP contribution in [0, 0.1) is 0 Å². The van der Waals surface area contributed by atoms with Crippen LogP contribution in [0.3, 0.4) is 0 Å². The zero-order valence-electron chi connectivity index (χ0n) is 15.4. The third kappa shape index (κ3) is 4.68. The van der Waals surface area contributed by atoms with E-state index in [4.69, 9.17) is 0 Å². The van der Waals surface area contributed by atoms with Crippen LogP contribution >= 0.6 is 0 Å². The van der Waals surface area contributed by atoms with Crippen molar-refractivity contribution in [2.24, 2.45) is 0 Å². The van der Waals surface area contributed by atoms with Crippen molar-refractivity contribution >= 4 is 33.2 Å². The number of amides is 2. The van der Waals surface area contributed by atoms with E-state index < -0.39 is 10.0 Å². The van der Waals surface area contributed by atoms with Gasteiger partial charge in [-0.1, -0.05) is 6.92 Å². The average Bonchev–Trinajstić information content (AvgIpc) is 2.68. The number of anilines is 2. The van der Waals surface area contributed by atoms with Crippen LogP contribution in [0.1, 0.15) is 17.3 Å². The normalized spacial score (nSPS) is 14.5. The Hall–Kier alpha value is -2.91. The van der Waals surface area contributed by atoms with Gasteiger partial charge in [0.05, 0.1) is 11.4 Å². The summed E-state index contributed by atoms with van der Waals surface area (Å²) >= 11 is 0. The van der Waals surface area contributed by atoms with Gasteiger partial charge < -0.3 is 15.5 Å². The zero-order chi connectivity index (χ0) is 20.1. The van der Waals surface area contributed by atoms with Gasteiger partial charge in [-0.3, -0.25) is 9.59 Å². The van der Waals surface area contributed by atoms with Gasteiger partial charge in [0.25, 0.3) is 5.91 Å². The maximum absolute atomic E-state index is 12.4. The van der Waals surface area contributed by atoms with E-state index in [1.54, 1.807) is 19.1 Å². The van der Waals surface area contributed by atoms with Crippen molar-refractivity contribution in [1.29, 1.82) is 0 Å². The van der Waals surface area contributed by atoms with Gasteiger partial charge in [-0.2, -0.15) is 0 Å². The molecule has 0 radical (unpaired) electrons. The minimum atomic E-state index is -3.55. The number of carbonyl (C=O) groups excluding carboxylic acids is 2. The van der Waals surface area contributed by atoms with Crippen molar-refractivity contribution < 1.29 is 18.0 Å². The summed E-state index contributed by atoms with van der Waals surface area (Å²) < 4.78 is 26.3. The lowest BCUT2D eigenvalue weighted by Crippen LogP contribution is -2.47. The molecule has 2 amide bonds. The first-order chi connectivity index (χ1) is 13.4. The number of benzene rings is 2. The van der Waals surface area contributed by atoms with Gasteiger partial charge in [0, 0.05) is 36.6 Å². The first kappa shape index (κ1) is 19.8. The van der Waals surface area contributed by atoms with E-state index in [9.17, 15) is 18.0 Å². The zero-order valence-corrected chi connectivity index (χ0v) is 16.3. The molecule has 28 heavy (non-hydrogen) atoms. The van der Waals surface area contributed by atoms with Crippen molar-refractivity contribution in [3.63, 3.8) is 0 Å². The van der Waals surface area contributed by atoms with Crippen LogP contribution in [0.5, 0.6) is 0 Å². The van der Waals surface area contributed by atoms with Crippen LogP contribution in [-0.4, -0.2) is 46.4 Å². The molecule has 1 aliphatic heterocycles. The molecule has 1 heterocycles. The number of sulfonamides is 1. The molecule has 8 nitrogen and oxygen atoms in total. The number of piperazine rings is 1. The minimum absolute atomic E-state index is 0.0109.